The topological polar surface area (TPSA) is 30.5 Å². The van der Waals surface area contributed by atoms with Crippen LogP contribution in [0.5, 0.6) is 11.5 Å². The van der Waals surface area contributed by atoms with Gasteiger partial charge >= 0.3 is 0 Å². The summed E-state index contributed by atoms with van der Waals surface area (Å²) < 4.78 is 26.2. The zero-order valence-electron chi connectivity index (χ0n) is 14.9. The van der Waals surface area contributed by atoms with E-state index >= 15 is 0 Å². The van der Waals surface area contributed by atoms with Gasteiger partial charge in [-0.25, -0.2) is 4.39 Å². The fourth-order valence-corrected chi connectivity index (χ4v) is 3.38. The molecule has 0 atom stereocenters. The molecule has 0 aromatic heterocycles. The monoisotopic (exact) mass is 483 g/mol. The zero-order chi connectivity index (χ0) is 20.1. The molecule has 3 rings (SSSR count). The van der Waals surface area contributed by atoms with E-state index < -0.39 is 0 Å². The highest BCUT2D eigenvalue weighted by molar-refractivity contribution is 9.10. The molecule has 3 nitrogen and oxygen atoms in total. The number of hydrogen-bond donors (Lipinski definition) is 1. The van der Waals surface area contributed by atoms with Gasteiger partial charge in [0.25, 0.3) is 0 Å². The summed E-state index contributed by atoms with van der Waals surface area (Å²) in [6.07, 6.45) is 0. The summed E-state index contributed by atoms with van der Waals surface area (Å²) in [6, 6.07) is 15.5. The molecule has 146 valence electrons. The summed E-state index contributed by atoms with van der Waals surface area (Å²) >= 11 is 15.6. The normalized spacial score (nSPS) is 10.6. The molecule has 0 amide bonds. The van der Waals surface area contributed by atoms with E-state index in [1.807, 2.05) is 12.1 Å². The van der Waals surface area contributed by atoms with Crippen LogP contribution in [-0.2, 0) is 13.2 Å². The molecule has 0 saturated heterocycles. The van der Waals surface area contributed by atoms with Crippen molar-refractivity contribution in [3.63, 3.8) is 0 Å². The van der Waals surface area contributed by atoms with Gasteiger partial charge in [-0.3, -0.25) is 0 Å². The molecule has 0 saturated carbocycles. The van der Waals surface area contributed by atoms with Crippen molar-refractivity contribution < 1.29 is 13.9 Å². The third-order valence-corrected chi connectivity index (χ3v) is 5.59. The first-order valence-electron chi connectivity index (χ1n) is 8.40. The van der Waals surface area contributed by atoms with Crippen molar-refractivity contribution in [1.29, 1.82) is 0 Å². The van der Waals surface area contributed by atoms with Crippen LogP contribution in [0.3, 0.4) is 0 Å². The van der Waals surface area contributed by atoms with Crippen LogP contribution in [0, 0.1) is 5.82 Å². The number of rotatable bonds is 7. The van der Waals surface area contributed by atoms with Crippen LogP contribution >= 0.6 is 39.1 Å². The van der Waals surface area contributed by atoms with Crippen molar-refractivity contribution in [2.45, 2.75) is 13.2 Å². The van der Waals surface area contributed by atoms with Gasteiger partial charge in [0.05, 0.1) is 17.2 Å². The Kier molecular flexibility index (Phi) is 7.05. The van der Waals surface area contributed by atoms with Crippen LogP contribution < -0.4 is 14.8 Å². The van der Waals surface area contributed by atoms with E-state index in [1.54, 1.807) is 43.5 Å². The molecule has 0 aliphatic heterocycles. The van der Waals surface area contributed by atoms with Crippen LogP contribution in [0.2, 0.25) is 10.0 Å². The highest BCUT2D eigenvalue weighted by atomic mass is 79.9. The van der Waals surface area contributed by atoms with Crippen molar-refractivity contribution in [3.8, 4) is 11.5 Å². The van der Waals surface area contributed by atoms with Crippen LogP contribution in [0.4, 0.5) is 10.1 Å². The smallest absolute Gasteiger partial charge is 0.167 e. The van der Waals surface area contributed by atoms with Gasteiger partial charge in [0.15, 0.2) is 11.5 Å². The van der Waals surface area contributed by atoms with Crippen molar-refractivity contribution in [3.05, 3.63) is 86.1 Å². The quantitative estimate of drug-likeness (QED) is 0.388. The van der Waals surface area contributed by atoms with Gasteiger partial charge in [0, 0.05) is 27.8 Å². The number of methoxy groups -OCH3 is 1. The minimum Gasteiger partial charge on any atom is -0.493 e. The third-order valence-electron chi connectivity index (χ3n) is 4.11. The number of nitrogens with one attached hydrogen (secondary N) is 1. The molecule has 0 fully saturated rings. The second-order valence-corrected chi connectivity index (χ2v) is 7.59. The van der Waals surface area contributed by atoms with E-state index in [9.17, 15) is 4.39 Å². The maximum Gasteiger partial charge on any atom is 0.167 e. The highest BCUT2D eigenvalue weighted by Crippen LogP contribution is 2.37. The van der Waals surface area contributed by atoms with E-state index in [-0.39, 0.29) is 12.4 Å². The zero-order valence-corrected chi connectivity index (χ0v) is 18.0. The molecule has 3 aromatic carbocycles. The number of benzene rings is 3. The number of hydrogen-bond acceptors (Lipinski definition) is 3. The number of anilines is 1. The first-order chi connectivity index (χ1) is 13.5. The highest BCUT2D eigenvalue weighted by Gasteiger charge is 2.16. The summed E-state index contributed by atoms with van der Waals surface area (Å²) in [7, 11) is 1.56. The Labute approximate surface area is 181 Å². The number of halogens is 4. The predicted octanol–water partition coefficient (Wildman–Crippen LogP) is 7.09. The van der Waals surface area contributed by atoms with E-state index in [4.69, 9.17) is 32.7 Å². The molecule has 0 bridgehead atoms. The van der Waals surface area contributed by atoms with Crippen molar-refractivity contribution in [2.75, 3.05) is 12.4 Å². The van der Waals surface area contributed by atoms with Gasteiger partial charge in [-0.2, -0.15) is 0 Å². The van der Waals surface area contributed by atoms with E-state index in [0.29, 0.717) is 33.7 Å². The molecular formula is C21H17BrCl2FNO2. The second-order valence-electron chi connectivity index (χ2n) is 5.92. The molecule has 0 radical (unpaired) electrons. The van der Waals surface area contributed by atoms with E-state index in [1.165, 1.54) is 6.07 Å². The SMILES string of the molecule is COc1ccc(Br)c(CNc2ccc(Cl)c(Cl)c2)c1OCc1ccccc1F. The molecule has 0 heterocycles. The van der Waals surface area contributed by atoms with Gasteiger partial charge in [-0.15, -0.1) is 0 Å². The maximum absolute atomic E-state index is 13.9. The summed E-state index contributed by atoms with van der Waals surface area (Å²) in [4.78, 5) is 0. The minimum absolute atomic E-state index is 0.0826. The Morgan fingerprint density at radius 1 is 1.04 bits per heavy atom. The molecule has 28 heavy (non-hydrogen) atoms. The average Bonchev–Trinajstić information content (AvgIpc) is 2.69. The van der Waals surface area contributed by atoms with Crippen molar-refractivity contribution >= 4 is 44.8 Å². The summed E-state index contributed by atoms with van der Waals surface area (Å²) in [5, 5.41) is 4.24. The lowest BCUT2D eigenvalue weighted by Gasteiger charge is -2.18. The average molecular weight is 485 g/mol. The lowest BCUT2D eigenvalue weighted by molar-refractivity contribution is 0.276. The third kappa shape index (κ3) is 4.90. The fraction of sp³-hybridized carbons (Fsp3) is 0.143. The maximum atomic E-state index is 13.9. The summed E-state index contributed by atoms with van der Waals surface area (Å²) in [6.45, 7) is 0.515. The Morgan fingerprint density at radius 2 is 1.82 bits per heavy atom. The Balaban J connectivity index is 1.85. The van der Waals surface area contributed by atoms with Gasteiger partial charge in [0.1, 0.15) is 12.4 Å². The van der Waals surface area contributed by atoms with Crippen LogP contribution in [0.15, 0.2) is 59.1 Å². The second kappa shape index (κ2) is 9.50. The molecule has 0 aliphatic carbocycles. The molecular weight excluding hydrogens is 468 g/mol. The van der Waals surface area contributed by atoms with Crippen LogP contribution in [-0.4, -0.2) is 7.11 Å². The molecule has 3 aromatic rings. The fourth-order valence-electron chi connectivity index (χ4n) is 2.63. The first kappa shape index (κ1) is 20.8. The van der Waals surface area contributed by atoms with E-state index in [2.05, 4.69) is 21.2 Å². The molecule has 0 spiro atoms. The Morgan fingerprint density at radius 3 is 2.54 bits per heavy atom. The van der Waals surface area contributed by atoms with Gasteiger partial charge in [-0.1, -0.05) is 57.3 Å². The Hall–Kier alpha value is -1.95. The minimum atomic E-state index is -0.313. The number of ether oxygens (including phenoxy) is 2. The predicted molar refractivity (Wildman–Crippen MR) is 115 cm³/mol. The van der Waals surface area contributed by atoms with Gasteiger partial charge in [0.2, 0.25) is 0 Å². The van der Waals surface area contributed by atoms with Crippen molar-refractivity contribution in [2.24, 2.45) is 0 Å². The molecule has 1 N–H and O–H groups in total. The largest absolute Gasteiger partial charge is 0.493 e. The van der Waals surface area contributed by atoms with Crippen molar-refractivity contribution in [1.82, 2.24) is 0 Å². The summed E-state index contributed by atoms with van der Waals surface area (Å²) in [5.74, 6) is 0.783. The van der Waals surface area contributed by atoms with E-state index in [0.717, 1.165) is 15.7 Å². The molecule has 7 heteroatoms. The molecule has 0 unspecified atom stereocenters. The Bertz CT molecular complexity index is 985. The van der Waals surface area contributed by atoms with Gasteiger partial charge < -0.3 is 14.8 Å². The molecule has 0 aliphatic rings. The van der Waals surface area contributed by atoms with Crippen LogP contribution in [0.1, 0.15) is 11.1 Å². The first-order valence-corrected chi connectivity index (χ1v) is 9.95. The lowest BCUT2D eigenvalue weighted by atomic mass is 10.1. The van der Waals surface area contributed by atoms with Crippen LogP contribution in [0.25, 0.3) is 0 Å². The van der Waals surface area contributed by atoms with Gasteiger partial charge in [-0.05, 0) is 36.4 Å². The standard InChI is InChI=1S/C21H17BrCl2FNO2/c1-27-20-9-7-16(22)15(11-26-14-6-8-17(23)18(24)10-14)21(20)28-12-13-4-2-3-5-19(13)25/h2-10,26H,11-12H2,1H3. The summed E-state index contributed by atoms with van der Waals surface area (Å²) in [5.41, 5.74) is 2.11. The lowest BCUT2D eigenvalue weighted by Crippen LogP contribution is -2.07.